The minimum absolute atomic E-state index is 0.0850. The zero-order valence-corrected chi connectivity index (χ0v) is 11.4. The van der Waals surface area contributed by atoms with Crippen molar-refractivity contribution in [3.05, 3.63) is 34.3 Å². The maximum absolute atomic E-state index is 11.4. The Morgan fingerprint density at radius 2 is 2.19 bits per heavy atom. The monoisotopic (exact) mass is 284 g/mol. The van der Waals surface area contributed by atoms with Gasteiger partial charge in [0.15, 0.2) is 0 Å². The number of benzene rings is 1. The van der Waals surface area contributed by atoms with Crippen molar-refractivity contribution in [2.24, 2.45) is 0 Å². The van der Waals surface area contributed by atoms with Gasteiger partial charge in [0.25, 0.3) is 0 Å². The molecule has 0 aliphatic heterocycles. The molecule has 1 aromatic rings. The number of nitrogens with zero attached hydrogens (tertiary/aromatic N) is 1. The van der Waals surface area contributed by atoms with Crippen LogP contribution < -0.4 is 5.32 Å². The molecule has 0 saturated heterocycles. The Morgan fingerprint density at radius 3 is 2.75 bits per heavy atom. The van der Waals surface area contributed by atoms with Gasteiger partial charge in [0.05, 0.1) is 6.54 Å². The number of rotatable bonds is 4. The molecule has 1 N–H and O–H groups in total. The van der Waals surface area contributed by atoms with Crippen LogP contribution in [0.15, 0.2) is 28.7 Å². The molecule has 0 aromatic heterocycles. The molecule has 0 radical (unpaired) electrons. The van der Waals surface area contributed by atoms with Gasteiger partial charge in [-0.2, -0.15) is 0 Å². The Hall–Kier alpha value is -0.870. The first-order chi connectivity index (χ1) is 7.50. The lowest BCUT2D eigenvalue weighted by molar-refractivity contribution is -0.127. The maximum atomic E-state index is 11.4. The van der Waals surface area contributed by atoms with Gasteiger partial charge in [0, 0.05) is 24.6 Å². The number of amides is 1. The van der Waals surface area contributed by atoms with E-state index in [4.69, 9.17) is 0 Å². The molecular weight excluding hydrogens is 268 g/mol. The van der Waals surface area contributed by atoms with Crippen LogP contribution in [0.1, 0.15) is 18.5 Å². The van der Waals surface area contributed by atoms with Crippen LogP contribution in [0.4, 0.5) is 0 Å². The number of carbonyl (C=O) groups is 1. The summed E-state index contributed by atoms with van der Waals surface area (Å²) in [5.41, 5.74) is 1.17. The van der Waals surface area contributed by atoms with Crippen LogP contribution in [0.25, 0.3) is 0 Å². The van der Waals surface area contributed by atoms with Gasteiger partial charge in [-0.25, -0.2) is 0 Å². The average molecular weight is 285 g/mol. The van der Waals surface area contributed by atoms with Gasteiger partial charge in [-0.1, -0.05) is 28.1 Å². The third-order valence-electron chi connectivity index (χ3n) is 2.41. The molecular formula is C12H17BrN2O. The molecule has 0 unspecified atom stereocenters. The summed E-state index contributed by atoms with van der Waals surface area (Å²) in [6, 6.07) is 8.24. The van der Waals surface area contributed by atoms with Crippen LogP contribution >= 0.6 is 15.9 Å². The van der Waals surface area contributed by atoms with Crippen LogP contribution in [0.3, 0.4) is 0 Å². The molecule has 3 nitrogen and oxygen atoms in total. The lowest BCUT2D eigenvalue weighted by Gasteiger charge is -2.16. The van der Waals surface area contributed by atoms with Gasteiger partial charge >= 0.3 is 0 Å². The first-order valence-electron chi connectivity index (χ1n) is 5.19. The van der Waals surface area contributed by atoms with Crippen molar-refractivity contribution in [1.82, 2.24) is 10.2 Å². The van der Waals surface area contributed by atoms with Gasteiger partial charge in [-0.3, -0.25) is 4.79 Å². The topological polar surface area (TPSA) is 32.3 Å². The third-order valence-corrected chi connectivity index (χ3v) is 2.90. The number of nitrogens with one attached hydrogen (secondary N) is 1. The van der Waals surface area contributed by atoms with Crippen molar-refractivity contribution in [3.63, 3.8) is 0 Å². The molecule has 16 heavy (non-hydrogen) atoms. The number of carbonyl (C=O) groups excluding carboxylic acids is 1. The second-order valence-corrected chi connectivity index (χ2v) is 4.86. The van der Waals surface area contributed by atoms with E-state index in [1.165, 1.54) is 5.56 Å². The van der Waals surface area contributed by atoms with E-state index in [1.807, 2.05) is 25.1 Å². The van der Waals surface area contributed by atoms with Crippen LogP contribution in [0.2, 0.25) is 0 Å². The van der Waals surface area contributed by atoms with Crippen LogP contribution in [-0.4, -0.2) is 31.4 Å². The van der Waals surface area contributed by atoms with E-state index < -0.39 is 0 Å². The molecule has 1 amide bonds. The maximum Gasteiger partial charge on any atom is 0.236 e. The minimum Gasteiger partial charge on any atom is -0.348 e. The van der Waals surface area contributed by atoms with Gasteiger partial charge in [-0.15, -0.1) is 0 Å². The molecule has 1 atom stereocenters. The third kappa shape index (κ3) is 3.94. The second-order valence-electron chi connectivity index (χ2n) is 3.95. The summed E-state index contributed by atoms with van der Waals surface area (Å²) in [6.45, 7) is 2.41. The molecule has 0 bridgehead atoms. The molecule has 88 valence electrons. The first kappa shape index (κ1) is 13.2. The summed E-state index contributed by atoms with van der Waals surface area (Å²) in [5, 5.41) is 3.20. The second kappa shape index (κ2) is 6.01. The normalized spacial score (nSPS) is 12.2. The fraction of sp³-hybridized carbons (Fsp3) is 0.417. The summed E-state index contributed by atoms with van der Waals surface area (Å²) in [6.07, 6.45) is 0. The van der Waals surface area contributed by atoms with Crippen molar-refractivity contribution in [3.8, 4) is 0 Å². The molecule has 0 aliphatic carbocycles. The number of likely N-dealkylation sites (N-methyl/N-ethyl adjacent to an activating group) is 1. The molecule has 0 fully saturated rings. The molecule has 0 spiro atoms. The van der Waals surface area contributed by atoms with E-state index >= 15 is 0 Å². The summed E-state index contributed by atoms with van der Waals surface area (Å²) < 4.78 is 1.05. The van der Waals surface area contributed by atoms with Crippen molar-refractivity contribution in [1.29, 1.82) is 0 Å². The smallest absolute Gasteiger partial charge is 0.236 e. The van der Waals surface area contributed by atoms with E-state index in [0.717, 1.165) is 4.47 Å². The highest BCUT2D eigenvalue weighted by atomic mass is 79.9. The highest BCUT2D eigenvalue weighted by Gasteiger charge is 2.08. The zero-order chi connectivity index (χ0) is 12.1. The quantitative estimate of drug-likeness (QED) is 0.919. The van der Waals surface area contributed by atoms with Crippen LogP contribution in [0, 0.1) is 0 Å². The first-order valence-corrected chi connectivity index (χ1v) is 5.99. The highest BCUT2D eigenvalue weighted by Crippen LogP contribution is 2.17. The zero-order valence-electron chi connectivity index (χ0n) is 9.83. The van der Waals surface area contributed by atoms with E-state index in [-0.39, 0.29) is 11.9 Å². The summed E-state index contributed by atoms with van der Waals surface area (Å²) in [5.74, 6) is 0.0850. The van der Waals surface area contributed by atoms with Gasteiger partial charge < -0.3 is 10.2 Å². The van der Waals surface area contributed by atoms with Crippen LogP contribution in [-0.2, 0) is 4.79 Å². The fourth-order valence-electron chi connectivity index (χ4n) is 1.29. The Labute approximate surface area is 105 Å². The van der Waals surface area contributed by atoms with Crippen molar-refractivity contribution in [2.75, 3.05) is 20.6 Å². The van der Waals surface area contributed by atoms with Gasteiger partial charge in [-0.05, 0) is 24.6 Å². The molecule has 4 heteroatoms. The Morgan fingerprint density at radius 1 is 1.50 bits per heavy atom. The summed E-state index contributed by atoms with van der Waals surface area (Å²) in [7, 11) is 3.52. The van der Waals surface area contributed by atoms with Gasteiger partial charge in [0.2, 0.25) is 5.91 Å². The van der Waals surface area contributed by atoms with E-state index in [1.54, 1.807) is 19.0 Å². The Kier molecular flexibility index (Phi) is 4.96. The van der Waals surface area contributed by atoms with Gasteiger partial charge in [0.1, 0.15) is 0 Å². The predicted molar refractivity (Wildman–Crippen MR) is 69.3 cm³/mol. The fourth-order valence-corrected chi connectivity index (χ4v) is 1.71. The lowest BCUT2D eigenvalue weighted by Crippen LogP contribution is -2.34. The van der Waals surface area contributed by atoms with E-state index in [9.17, 15) is 4.79 Å². The van der Waals surface area contributed by atoms with Crippen molar-refractivity contribution >= 4 is 21.8 Å². The molecule has 1 rings (SSSR count). The number of hydrogen-bond donors (Lipinski definition) is 1. The molecule has 0 saturated carbocycles. The minimum atomic E-state index is 0.0850. The highest BCUT2D eigenvalue weighted by molar-refractivity contribution is 9.10. The molecule has 0 aliphatic rings. The number of hydrogen-bond acceptors (Lipinski definition) is 2. The SMILES string of the molecule is C[C@@H](NCC(=O)N(C)C)c1cccc(Br)c1. The van der Waals surface area contributed by atoms with Crippen molar-refractivity contribution < 1.29 is 4.79 Å². The van der Waals surface area contributed by atoms with E-state index in [2.05, 4.69) is 27.3 Å². The molecule has 1 aromatic carbocycles. The van der Waals surface area contributed by atoms with Crippen LogP contribution in [0.5, 0.6) is 0 Å². The summed E-state index contributed by atoms with van der Waals surface area (Å²) >= 11 is 3.43. The summed E-state index contributed by atoms with van der Waals surface area (Å²) in [4.78, 5) is 13.0. The Bertz CT molecular complexity index is 366. The van der Waals surface area contributed by atoms with Crippen molar-refractivity contribution in [2.45, 2.75) is 13.0 Å². The Balaban J connectivity index is 2.53. The standard InChI is InChI=1S/C12H17BrN2O/c1-9(14-8-12(16)15(2)3)10-5-4-6-11(13)7-10/h4-7,9,14H,8H2,1-3H3/t9-/m1/s1. The molecule has 0 heterocycles. The lowest BCUT2D eigenvalue weighted by atomic mass is 10.1. The van der Waals surface area contributed by atoms with E-state index in [0.29, 0.717) is 6.54 Å². The largest absolute Gasteiger partial charge is 0.348 e. The number of halogens is 1. The predicted octanol–water partition coefficient (Wildman–Crippen LogP) is 2.19. The average Bonchev–Trinajstić information content (AvgIpc) is 2.25.